The maximum absolute atomic E-state index is 9.92. The van der Waals surface area contributed by atoms with E-state index in [1.165, 1.54) is 44.3 Å². The molecule has 1 aliphatic carbocycles. The van der Waals surface area contributed by atoms with Crippen LogP contribution >= 0.6 is 0 Å². The van der Waals surface area contributed by atoms with Crippen molar-refractivity contribution in [1.29, 1.82) is 10.5 Å². The lowest BCUT2D eigenvalue weighted by Gasteiger charge is -2.39. The Morgan fingerprint density at radius 2 is 0.979 bits per heavy atom. The van der Waals surface area contributed by atoms with Crippen LogP contribution in [0, 0.1) is 22.7 Å². The van der Waals surface area contributed by atoms with Crippen molar-refractivity contribution >= 4 is 54.4 Å². The highest BCUT2D eigenvalue weighted by Gasteiger charge is 2.50. The third kappa shape index (κ3) is 2.75. The van der Waals surface area contributed by atoms with Gasteiger partial charge in [0.1, 0.15) is 12.1 Å². The molecule has 5 heteroatoms. The summed E-state index contributed by atoms with van der Waals surface area (Å²) in [5.41, 5.74) is 11.9. The molecule has 11 rings (SSSR count). The van der Waals surface area contributed by atoms with Gasteiger partial charge >= 0.3 is 0 Å². The lowest BCUT2D eigenvalue weighted by Crippen LogP contribution is -2.33. The Morgan fingerprint density at radius 3 is 1.69 bits per heavy atom. The molecule has 0 radical (unpaired) electrons. The van der Waals surface area contributed by atoms with E-state index in [0.717, 1.165) is 38.1 Å². The largest absolute Gasteiger partial charge is 0.308 e. The zero-order chi connectivity index (χ0) is 31.7. The number of hydrogen-bond acceptors (Lipinski definition) is 4. The van der Waals surface area contributed by atoms with Gasteiger partial charge in [-0.25, -0.2) is 9.97 Å². The molecule has 0 fully saturated rings. The fourth-order valence-electron chi connectivity index (χ4n) is 8.99. The van der Waals surface area contributed by atoms with Gasteiger partial charge in [0.2, 0.25) is 0 Å². The second-order valence-corrected chi connectivity index (χ2v) is 12.7. The number of para-hydroxylation sites is 2. The van der Waals surface area contributed by atoms with Crippen molar-refractivity contribution in [1.82, 2.24) is 14.5 Å². The highest BCUT2D eigenvalue weighted by atomic mass is 15.0. The molecule has 0 bridgehead atoms. The Morgan fingerprint density at radius 1 is 0.458 bits per heavy atom. The van der Waals surface area contributed by atoms with E-state index in [2.05, 4.69) is 126 Å². The van der Waals surface area contributed by atoms with Gasteiger partial charge in [0, 0.05) is 26.9 Å². The molecule has 0 unspecified atom stereocenters. The molecule has 2 aliphatic rings. The van der Waals surface area contributed by atoms with Crippen molar-refractivity contribution in [2.75, 3.05) is 0 Å². The average Bonchev–Trinajstić information content (AvgIpc) is 3.65. The molecule has 218 valence electrons. The fraction of sp³-hybridized carbons (Fsp3) is 0.0233. The molecule has 3 heterocycles. The summed E-state index contributed by atoms with van der Waals surface area (Å²) in [4.78, 5) is 9.49. The Bertz CT molecular complexity index is 3000. The number of nitrogens with zero attached hydrogens (tertiary/aromatic N) is 5. The first-order chi connectivity index (χ1) is 23.8. The van der Waals surface area contributed by atoms with E-state index < -0.39 is 5.41 Å². The van der Waals surface area contributed by atoms with Gasteiger partial charge in [-0.3, -0.25) is 0 Å². The summed E-state index contributed by atoms with van der Waals surface area (Å²) in [7, 11) is 0. The number of benzene rings is 7. The van der Waals surface area contributed by atoms with Crippen LogP contribution in [0.3, 0.4) is 0 Å². The van der Waals surface area contributed by atoms with Gasteiger partial charge in [-0.2, -0.15) is 10.5 Å². The molecule has 7 aromatic carbocycles. The SMILES string of the molecule is N#Cc1nc2c3ccccc3c3c(ccc4c5cccc6c5n(c43)-c3ccccc3C63c4ccccc4-c4ccccc43)c2nc1C#N. The van der Waals surface area contributed by atoms with Crippen LogP contribution in [0.15, 0.2) is 127 Å². The van der Waals surface area contributed by atoms with Gasteiger partial charge in [-0.1, -0.05) is 121 Å². The van der Waals surface area contributed by atoms with Gasteiger partial charge in [-0.05, 0) is 44.8 Å². The minimum Gasteiger partial charge on any atom is -0.308 e. The van der Waals surface area contributed by atoms with E-state index in [1.54, 1.807) is 0 Å². The molecular weight excluding hydrogens is 587 g/mol. The maximum Gasteiger partial charge on any atom is 0.177 e. The first kappa shape index (κ1) is 25.4. The van der Waals surface area contributed by atoms with Gasteiger partial charge in [-0.15, -0.1) is 0 Å². The average molecular weight is 608 g/mol. The van der Waals surface area contributed by atoms with Gasteiger partial charge in [0.15, 0.2) is 11.4 Å². The standard InChI is InChI=1S/C43H21N5/c44-22-35-36(23-45)47-40-30-21-20-29-28-14-9-18-34-41(28)48(42(29)38(30)26-12-1-2-13-27(26)39(40)46-35)37-19-8-7-17-33(37)43(34)31-15-5-3-10-24(31)25-11-4-6-16-32(25)43/h1-21H. The lowest BCUT2D eigenvalue weighted by atomic mass is 9.65. The smallest absolute Gasteiger partial charge is 0.177 e. The van der Waals surface area contributed by atoms with E-state index in [9.17, 15) is 10.5 Å². The summed E-state index contributed by atoms with van der Waals surface area (Å²) in [5, 5.41) is 26.0. The zero-order valence-corrected chi connectivity index (χ0v) is 25.4. The van der Waals surface area contributed by atoms with Crippen molar-refractivity contribution in [3.8, 4) is 29.0 Å². The Balaban J connectivity index is 1.42. The van der Waals surface area contributed by atoms with Crippen molar-refractivity contribution in [2.45, 2.75) is 5.41 Å². The molecule has 5 nitrogen and oxygen atoms in total. The monoisotopic (exact) mass is 607 g/mol. The molecule has 9 aromatic rings. The van der Waals surface area contributed by atoms with Crippen LogP contribution in [0.2, 0.25) is 0 Å². The van der Waals surface area contributed by atoms with Crippen LogP contribution in [0.1, 0.15) is 33.6 Å². The molecule has 0 amide bonds. The van der Waals surface area contributed by atoms with Crippen LogP contribution in [0.4, 0.5) is 0 Å². The predicted molar refractivity (Wildman–Crippen MR) is 189 cm³/mol. The third-order valence-corrected chi connectivity index (χ3v) is 10.7. The zero-order valence-electron chi connectivity index (χ0n) is 25.4. The molecule has 1 spiro atoms. The number of hydrogen-bond donors (Lipinski definition) is 0. The Kier molecular flexibility index (Phi) is 4.60. The van der Waals surface area contributed by atoms with Crippen molar-refractivity contribution in [3.63, 3.8) is 0 Å². The summed E-state index contributed by atoms with van der Waals surface area (Å²) in [6.45, 7) is 0. The second kappa shape index (κ2) is 8.70. The molecule has 0 saturated heterocycles. The molecule has 2 aromatic heterocycles. The minimum absolute atomic E-state index is 0.0384. The van der Waals surface area contributed by atoms with Gasteiger partial charge in [0.05, 0.1) is 33.2 Å². The molecule has 0 N–H and O–H groups in total. The van der Waals surface area contributed by atoms with Crippen molar-refractivity contribution < 1.29 is 0 Å². The van der Waals surface area contributed by atoms with Crippen LogP contribution in [-0.2, 0) is 5.41 Å². The number of fused-ring (bicyclic) bond motifs is 19. The summed E-state index contributed by atoms with van der Waals surface area (Å²) in [6, 6.07) is 50.1. The third-order valence-electron chi connectivity index (χ3n) is 10.7. The van der Waals surface area contributed by atoms with E-state index in [0.29, 0.717) is 11.0 Å². The Hall–Kier alpha value is -6.82. The lowest BCUT2D eigenvalue weighted by molar-refractivity contribution is 0.749. The second-order valence-electron chi connectivity index (χ2n) is 12.7. The first-order valence-electron chi connectivity index (χ1n) is 16.0. The quantitative estimate of drug-likeness (QED) is 0.161. The van der Waals surface area contributed by atoms with E-state index >= 15 is 0 Å². The van der Waals surface area contributed by atoms with Crippen LogP contribution in [0.5, 0.6) is 0 Å². The summed E-state index contributed by atoms with van der Waals surface area (Å²) < 4.78 is 2.47. The normalized spacial score (nSPS) is 13.5. The topological polar surface area (TPSA) is 78.3 Å². The fourth-order valence-corrected chi connectivity index (χ4v) is 8.99. The predicted octanol–water partition coefficient (Wildman–Crippen LogP) is 9.45. The minimum atomic E-state index is -0.487. The first-order valence-corrected chi connectivity index (χ1v) is 16.0. The summed E-state index contributed by atoms with van der Waals surface area (Å²) >= 11 is 0. The van der Waals surface area contributed by atoms with Gasteiger partial charge in [0.25, 0.3) is 0 Å². The number of aromatic nitrogens is 3. The van der Waals surface area contributed by atoms with Crippen LogP contribution in [0.25, 0.3) is 71.2 Å². The molecular formula is C43H21N5. The number of nitriles is 2. The van der Waals surface area contributed by atoms with Crippen molar-refractivity contribution in [3.05, 3.63) is 161 Å². The highest BCUT2D eigenvalue weighted by Crippen LogP contribution is 2.61. The van der Waals surface area contributed by atoms with Gasteiger partial charge < -0.3 is 4.57 Å². The number of rotatable bonds is 0. The highest BCUT2D eigenvalue weighted by molar-refractivity contribution is 6.32. The summed E-state index contributed by atoms with van der Waals surface area (Å²) in [5.74, 6) is 0. The molecule has 0 atom stereocenters. The van der Waals surface area contributed by atoms with E-state index in [-0.39, 0.29) is 11.4 Å². The molecule has 1 aliphatic heterocycles. The Labute approximate surface area is 274 Å². The van der Waals surface area contributed by atoms with E-state index in [1.807, 2.05) is 18.2 Å². The molecule has 48 heavy (non-hydrogen) atoms. The van der Waals surface area contributed by atoms with Crippen molar-refractivity contribution in [2.24, 2.45) is 0 Å². The van der Waals surface area contributed by atoms with Crippen LogP contribution in [-0.4, -0.2) is 14.5 Å². The maximum atomic E-state index is 9.92. The van der Waals surface area contributed by atoms with E-state index in [4.69, 9.17) is 9.97 Å². The summed E-state index contributed by atoms with van der Waals surface area (Å²) in [6.07, 6.45) is 0. The molecule has 0 saturated carbocycles. The van der Waals surface area contributed by atoms with Crippen LogP contribution < -0.4 is 0 Å².